The van der Waals surface area contributed by atoms with Crippen LogP contribution in [0.3, 0.4) is 0 Å². The van der Waals surface area contributed by atoms with Gasteiger partial charge in [0.1, 0.15) is 0 Å². The van der Waals surface area contributed by atoms with Gasteiger partial charge in [-0.05, 0) is 36.0 Å². The molecule has 1 aromatic carbocycles. The van der Waals surface area contributed by atoms with E-state index in [4.69, 9.17) is 5.11 Å². The Labute approximate surface area is 121 Å². The Kier molecular flexibility index (Phi) is 5.18. The largest absolute Gasteiger partial charge is 0.478 e. The molecule has 3 heteroatoms. The molecule has 3 nitrogen and oxygen atoms in total. The number of carbonyl (C=O) groups is 1. The molecule has 0 bridgehead atoms. The number of hydrogen-bond donors (Lipinski definition) is 2. The first kappa shape index (κ1) is 15.0. The predicted octanol–water partition coefficient (Wildman–Crippen LogP) is 3.83. The lowest BCUT2D eigenvalue weighted by molar-refractivity contribution is 0.0696. The zero-order valence-electron chi connectivity index (χ0n) is 12.3. The van der Waals surface area contributed by atoms with Crippen molar-refractivity contribution in [1.29, 1.82) is 0 Å². The summed E-state index contributed by atoms with van der Waals surface area (Å²) in [4.78, 5) is 10.9. The monoisotopic (exact) mass is 275 g/mol. The third-order valence-corrected chi connectivity index (χ3v) is 4.37. The van der Waals surface area contributed by atoms with E-state index in [1.807, 2.05) is 12.1 Å². The van der Waals surface area contributed by atoms with Crippen LogP contribution in [0.25, 0.3) is 0 Å². The van der Waals surface area contributed by atoms with Gasteiger partial charge in [0.2, 0.25) is 0 Å². The SMILES string of the molecule is CC1(CNCc2cccc(C(=O)O)c2)CCCCCC1. The number of hydrogen-bond acceptors (Lipinski definition) is 2. The topological polar surface area (TPSA) is 49.3 Å². The van der Waals surface area contributed by atoms with Crippen molar-refractivity contribution in [3.63, 3.8) is 0 Å². The fraction of sp³-hybridized carbons (Fsp3) is 0.588. The highest BCUT2D eigenvalue weighted by molar-refractivity contribution is 5.87. The van der Waals surface area contributed by atoms with Gasteiger partial charge in [0, 0.05) is 13.1 Å². The highest BCUT2D eigenvalue weighted by Crippen LogP contribution is 2.33. The maximum Gasteiger partial charge on any atom is 0.335 e. The van der Waals surface area contributed by atoms with Crippen molar-refractivity contribution in [2.45, 2.75) is 52.0 Å². The zero-order chi connectivity index (χ0) is 14.4. The summed E-state index contributed by atoms with van der Waals surface area (Å²) in [6.45, 7) is 4.14. The Morgan fingerprint density at radius 2 is 1.95 bits per heavy atom. The van der Waals surface area contributed by atoms with Gasteiger partial charge >= 0.3 is 5.97 Å². The minimum atomic E-state index is -0.859. The molecule has 1 aliphatic carbocycles. The van der Waals surface area contributed by atoms with Gasteiger partial charge in [-0.3, -0.25) is 0 Å². The molecule has 110 valence electrons. The summed E-state index contributed by atoms with van der Waals surface area (Å²) in [5.74, 6) is -0.859. The third-order valence-electron chi connectivity index (χ3n) is 4.37. The molecular weight excluding hydrogens is 250 g/mol. The van der Waals surface area contributed by atoms with E-state index in [1.54, 1.807) is 12.1 Å². The molecule has 0 spiro atoms. The molecule has 1 saturated carbocycles. The number of carboxylic acids is 1. The van der Waals surface area contributed by atoms with E-state index in [-0.39, 0.29) is 0 Å². The molecule has 20 heavy (non-hydrogen) atoms. The highest BCUT2D eigenvalue weighted by atomic mass is 16.4. The third kappa shape index (κ3) is 4.34. The van der Waals surface area contributed by atoms with Crippen LogP contribution in [0.2, 0.25) is 0 Å². The van der Waals surface area contributed by atoms with Crippen molar-refractivity contribution in [2.24, 2.45) is 5.41 Å². The van der Waals surface area contributed by atoms with E-state index in [2.05, 4.69) is 12.2 Å². The summed E-state index contributed by atoms with van der Waals surface area (Å²) in [5.41, 5.74) is 1.81. The van der Waals surface area contributed by atoms with E-state index < -0.39 is 5.97 Å². The van der Waals surface area contributed by atoms with Gasteiger partial charge in [-0.15, -0.1) is 0 Å². The van der Waals surface area contributed by atoms with Crippen molar-refractivity contribution in [3.05, 3.63) is 35.4 Å². The standard InChI is InChI=1S/C17H25NO2/c1-17(9-4-2-3-5-10-17)13-18-12-14-7-6-8-15(11-14)16(19)20/h6-8,11,18H,2-5,9-10,12-13H2,1H3,(H,19,20). The molecule has 0 aliphatic heterocycles. The minimum absolute atomic E-state index is 0.366. The summed E-state index contributed by atoms with van der Waals surface area (Å²) < 4.78 is 0. The Balaban J connectivity index is 1.85. The molecule has 0 saturated heterocycles. The van der Waals surface area contributed by atoms with Crippen molar-refractivity contribution >= 4 is 5.97 Å². The zero-order valence-corrected chi connectivity index (χ0v) is 12.3. The summed E-state index contributed by atoms with van der Waals surface area (Å²) in [6, 6.07) is 7.19. The maximum atomic E-state index is 10.9. The van der Waals surface area contributed by atoms with Crippen LogP contribution in [0.1, 0.15) is 61.4 Å². The average Bonchev–Trinajstić information content (AvgIpc) is 2.64. The van der Waals surface area contributed by atoms with Gasteiger partial charge in [-0.25, -0.2) is 4.79 Å². The molecule has 0 aromatic heterocycles. The van der Waals surface area contributed by atoms with Crippen LogP contribution in [0.15, 0.2) is 24.3 Å². The lowest BCUT2D eigenvalue weighted by Gasteiger charge is -2.28. The van der Waals surface area contributed by atoms with Crippen molar-refractivity contribution in [1.82, 2.24) is 5.32 Å². The first-order valence-electron chi connectivity index (χ1n) is 7.62. The first-order chi connectivity index (χ1) is 9.59. The fourth-order valence-electron chi connectivity index (χ4n) is 3.08. The van der Waals surface area contributed by atoms with Crippen LogP contribution in [0.5, 0.6) is 0 Å². The van der Waals surface area contributed by atoms with E-state index in [0.29, 0.717) is 11.0 Å². The molecule has 0 amide bonds. The van der Waals surface area contributed by atoms with E-state index >= 15 is 0 Å². The van der Waals surface area contributed by atoms with Gasteiger partial charge in [-0.1, -0.05) is 44.7 Å². The summed E-state index contributed by atoms with van der Waals surface area (Å²) in [7, 11) is 0. The van der Waals surface area contributed by atoms with Crippen LogP contribution in [-0.2, 0) is 6.54 Å². The van der Waals surface area contributed by atoms with Gasteiger partial charge < -0.3 is 10.4 Å². The molecule has 1 aliphatic rings. The van der Waals surface area contributed by atoms with E-state index in [9.17, 15) is 4.79 Å². The Morgan fingerprint density at radius 1 is 1.25 bits per heavy atom. The van der Waals surface area contributed by atoms with E-state index in [0.717, 1.165) is 18.7 Å². The molecular formula is C17H25NO2. The molecule has 1 fully saturated rings. The predicted molar refractivity (Wildman–Crippen MR) is 80.9 cm³/mol. The second-order valence-corrected chi connectivity index (χ2v) is 6.33. The number of aromatic carboxylic acids is 1. The molecule has 0 heterocycles. The van der Waals surface area contributed by atoms with Crippen molar-refractivity contribution in [2.75, 3.05) is 6.54 Å². The lowest BCUT2D eigenvalue weighted by atomic mass is 9.82. The van der Waals surface area contributed by atoms with E-state index in [1.165, 1.54) is 38.5 Å². The lowest BCUT2D eigenvalue weighted by Crippen LogP contribution is -2.31. The van der Waals surface area contributed by atoms with Crippen LogP contribution in [-0.4, -0.2) is 17.6 Å². The Bertz CT molecular complexity index is 448. The average molecular weight is 275 g/mol. The van der Waals surface area contributed by atoms with Crippen LogP contribution >= 0.6 is 0 Å². The molecule has 2 N–H and O–H groups in total. The summed E-state index contributed by atoms with van der Waals surface area (Å²) in [6.07, 6.45) is 8.02. The number of nitrogens with one attached hydrogen (secondary N) is 1. The second kappa shape index (κ2) is 6.89. The molecule has 2 rings (SSSR count). The van der Waals surface area contributed by atoms with Gasteiger partial charge in [-0.2, -0.15) is 0 Å². The van der Waals surface area contributed by atoms with Gasteiger partial charge in [0.15, 0.2) is 0 Å². The normalized spacial score (nSPS) is 18.4. The van der Waals surface area contributed by atoms with Crippen LogP contribution in [0.4, 0.5) is 0 Å². The minimum Gasteiger partial charge on any atom is -0.478 e. The molecule has 0 unspecified atom stereocenters. The second-order valence-electron chi connectivity index (χ2n) is 6.33. The summed E-state index contributed by atoms with van der Waals surface area (Å²) in [5, 5.41) is 12.5. The smallest absolute Gasteiger partial charge is 0.335 e. The maximum absolute atomic E-state index is 10.9. The highest BCUT2D eigenvalue weighted by Gasteiger charge is 2.24. The van der Waals surface area contributed by atoms with Crippen molar-refractivity contribution < 1.29 is 9.90 Å². The Morgan fingerprint density at radius 3 is 2.60 bits per heavy atom. The molecule has 1 aromatic rings. The van der Waals surface area contributed by atoms with Crippen LogP contribution in [0, 0.1) is 5.41 Å². The molecule has 0 radical (unpaired) electrons. The number of carboxylic acid groups (broad SMARTS) is 1. The summed E-state index contributed by atoms with van der Waals surface area (Å²) >= 11 is 0. The van der Waals surface area contributed by atoms with Crippen LogP contribution < -0.4 is 5.32 Å². The quantitative estimate of drug-likeness (QED) is 0.803. The first-order valence-corrected chi connectivity index (χ1v) is 7.62. The molecule has 0 atom stereocenters. The Hall–Kier alpha value is -1.35. The number of rotatable bonds is 5. The van der Waals surface area contributed by atoms with Gasteiger partial charge in [0.25, 0.3) is 0 Å². The fourth-order valence-corrected chi connectivity index (χ4v) is 3.08. The van der Waals surface area contributed by atoms with Gasteiger partial charge in [0.05, 0.1) is 5.56 Å². The number of benzene rings is 1. The van der Waals surface area contributed by atoms with Crippen molar-refractivity contribution in [3.8, 4) is 0 Å².